The van der Waals surface area contributed by atoms with Crippen LogP contribution in [0, 0.1) is 25.2 Å². The number of anilines is 2. The fourth-order valence-electron chi connectivity index (χ4n) is 2.48. The lowest BCUT2D eigenvalue weighted by atomic mass is 10.1. The third-order valence-corrected chi connectivity index (χ3v) is 4.43. The quantitative estimate of drug-likeness (QED) is 0.453. The number of ether oxygens (including phenoxy) is 1. The van der Waals surface area contributed by atoms with Crippen molar-refractivity contribution in [3.63, 3.8) is 0 Å². The van der Waals surface area contributed by atoms with Gasteiger partial charge in [-0.05, 0) is 38.0 Å². The number of hydrogen-bond donors (Lipinski definition) is 0. The van der Waals surface area contributed by atoms with Gasteiger partial charge in [-0.15, -0.1) is 11.3 Å². The van der Waals surface area contributed by atoms with E-state index in [2.05, 4.69) is 4.98 Å². The number of nitrogens with zero attached hydrogens (tertiary/aromatic N) is 3. The number of aryl methyl sites for hydroxylation is 2. The maximum atomic E-state index is 12.3. The first kappa shape index (κ1) is 19.3. The van der Waals surface area contributed by atoms with Gasteiger partial charge >= 0.3 is 5.97 Å². The molecule has 1 aromatic carbocycles. The molecule has 0 aliphatic heterocycles. The van der Waals surface area contributed by atoms with E-state index in [4.69, 9.17) is 10.00 Å². The topological polar surface area (TPSA) is 83.3 Å². The molecule has 1 heterocycles. The second-order valence-corrected chi connectivity index (χ2v) is 6.38. The molecular weight excluding hydrogens is 350 g/mol. The van der Waals surface area contributed by atoms with E-state index in [-0.39, 0.29) is 18.1 Å². The summed E-state index contributed by atoms with van der Waals surface area (Å²) < 4.78 is 4.84. The van der Waals surface area contributed by atoms with Crippen LogP contribution in [0.3, 0.4) is 0 Å². The number of amides is 1. The van der Waals surface area contributed by atoms with Crippen LogP contribution in [0.4, 0.5) is 10.8 Å². The second-order valence-electron chi connectivity index (χ2n) is 5.54. The molecule has 0 spiro atoms. The Morgan fingerprint density at radius 1 is 1.35 bits per heavy atom. The highest BCUT2D eigenvalue weighted by molar-refractivity contribution is 7.14. The highest BCUT2D eigenvalue weighted by atomic mass is 32.1. The summed E-state index contributed by atoms with van der Waals surface area (Å²) in [6.07, 6.45) is 1.36. The van der Waals surface area contributed by atoms with Gasteiger partial charge in [-0.3, -0.25) is 9.69 Å². The minimum absolute atomic E-state index is 0.134. The zero-order chi connectivity index (χ0) is 19.3. The highest BCUT2D eigenvalue weighted by Crippen LogP contribution is 2.34. The summed E-state index contributed by atoms with van der Waals surface area (Å²) in [4.78, 5) is 30.0. The highest BCUT2D eigenvalue weighted by Gasteiger charge is 2.21. The lowest BCUT2D eigenvalue weighted by molar-refractivity contribution is -0.137. The van der Waals surface area contributed by atoms with Crippen molar-refractivity contribution in [3.05, 3.63) is 46.0 Å². The minimum Gasteiger partial charge on any atom is -0.462 e. The molecule has 0 aliphatic rings. The molecule has 0 radical (unpaired) electrons. The van der Waals surface area contributed by atoms with Crippen molar-refractivity contribution in [2.45, 2.75) is 27.7 Å². The maximum absolute atomic E-state index is 12.3. The molecule has 0 atom stereocenters. The number of esters is 1. The first-order valence-corrected chi connectivity index (χ1v) is 8.88. The molecule has 0 saturated heterocycles. The Morgan fingerprint density at radius 2 is 2.00 bits per heavy atom. The molecule has 26 heavy (non-hydrogen) atoms. The summed E-state index contributed by atoms with van der Waals surface area (Å²) in [6, 6.07) is 7.61. The van der Waals surface area contributed by atoms with Gasteiger partial charge in [0.1, 0.15) is 11.6 Å². The molecule has 0 fully saturated rings. The Bertz CT molecular complexity index is 889. The van der Waals surface area contributed by atoms with Crippen LogP contribution in [-0.2, 0) is 14.3 Å². The summed E-state index contributed by atoms with van der Waals surface area (Å²) in [5.74, 6) is -0.860. The second kappa shape index (κ2) is 8.41. The van der Waals surface area contributed by atoms with Crippen molar-refractivity contribution in [2.75, 3.05) is 11.5 Å². The van der Waals surface area contributed by atoms with Gasteiger partial charge in [-0.1, -0.05) is 18.2 Å². The number of carbonyl (C=O) groups excluding carboxylic acids is 2. The number of para-hydroxylation sites is 1. The molecule has 2 rings (SSSR count). The van der Waals surface area contributed by atoms with Crippen molar-refractivity contribution in [1.29, 1.82) is 5.26 Å². The Hall–Kier alpha value is -2.98. The molecule has 0 unspecified atom stereocenters. The van der Waals surface area contributed by atoms with Crippen LogP contribution in [0.25, 0.3) is 6.08 Å². The average Bonchev–Trinajstić information content (AvgIpc) is 3.03. The standard InChI is InChI=1S/C19H19N3O3S/c1-5-25-18(24)15(10-20)9-16-11-26-19(21-16)22(14(4)23)17-12(2)7-6-8-13(17)3/h6-9,11H,5H2,1-4H3/b15-9+. The van der Waals surface area contributed by atoms with Crippen LogP contribution in [0.5, 0.6) is 0 Å². The summed E-state index contributed by atoms with van der Waals surface area (Å²) >= 11 is 1.26. The van der Waals surface area contributed by atoms with Gasteiger partial charge in [0.2, 0.25) is 5.91 Å². The number of hydrogen-bond acceptors (Lipinski definition) is 6. The van der Waals surface area contributed by atoms with Crippen LogP contribution < -0.4 is 4.90 Å². The maximum Gasteiger partial charge on any atom is 0.348 e. The van der Waals surface area contributed by atoms with Gasteiger partial charge in [0.05, 0.1) is 18.0 Å². The van der Waals surface area contributed by atoms with Gasteiger partial charge in [0.15, 0.2) is 5.13 Å². The number of aromatic nitrogens is 1. The molecule has 0 bridgehead atoms. The van der Waals surface area contributed by atoms with Crippen LogP contribution in [0.15, 0.2) is 29.2 Å². The van der Waals surface area contributed by atoms with Crippen LogP contribution >= 0.6 is 11.3 Å². The first-order chi connectivity index (χ1) is 12.4. The molecule has 0 N–H and O–H groups in total. The van der Waals surface area contributed by atoms with Crippen LogP contribution in [0.2, 0.25) is 0 Å². The molecule has 6 nitrogen and oxygen atoms in total. The Labute approximate surface area is 156 Å². The number of rotatable bonds is 5. The van der Waals surface area contributed by atoms with Gasteiger partial charge in [-0.2, -0.15) is 5.26 Å². The smallest absolute Gasteiger partial charge is 0.348 e. The number of thiazole rings is 1. The van der Waals surface area contributed by atoms with Gasteiger partial charge in [-0.25, -0.2) is 9.78 Å². The molecular formula is C19H19N3O3S. The van der Waals surface area contributed by atoms with E-state index in [1.165, 1.54) is 24.3 Å². The fraction of sp³-hybridized carbons (Fsp3) is 0.263. The Morgan fingerprint density at radius 3 is 2.54 bits per heavy atom. The Balaban J connectivity index is 2.44. The molecule has 1 aromatic heterocycles. The van der Waals surface area contributed by atoms with Crippen molar-refractivity contribution >= 4 is 40.1 Å². The third-order valence-electron chi connectivity index (χ3n) is 3.59. The van der Waals surface area contributed by atoms with E-state index >= 15 is 0 Å². The monoisotopic (exact) mass is 369 g/mol. The third kappa shape index (κ3) is 4.16. The SMILES string of the molecule is CCOC(=O)/C(C#N)=C/c1csc(N(C(C)=O)c2c(C)cccc2C)n1. The van der Waals surface area contributed by atoms with Gasteiger partial charge < -0.3 is 4.74 Å². The van der Waals surface area contributed by atoms with Gasteiger partial charge in [0, 0.05) is 12.3 Å². The molecule has 0 saturated carbocycles. The van der Waals surface area contributed by atoms with E-state index < -0.39 is 5.97 Å². The normalized spacial score (nSPS) is 11.0. The number of benzene rings is 1. The van der Waals surface area contributed by atoms with Gasteiger partial charge in [0.25, 0.3) is 0 Å². The summed E-state index contributed by atoms with van der Waals surface area (Å²) in [5, 5.41) is 11.3. The van der Waals surface area contributed by atoms with Crippen molar-refractivity contribution in [3.8, 4) is 6.07 Å². The predicted octanol–water partition coefficient (Wildman–Crippen LogP) is 3.91. The lowest BCUT2D eigenvalue weighted by Gasteiger charge is -2.22. The zero-order valence-corrected chi connectivity index (χ0v) is 15.9. The van der Waals surface area contributed by atoms with E-state index in [0.717, 1.165) is 16.8 Å². The summed E-state index contributed by atoms with van der Waals surface area (Å²) in [6.45, 7) is 7.19. The molecule has 1 amide bonds. The number of carbonyl (C=O) groups is 2. The Kier molecular flexibility index (Phi) is 6.26. The lowest BCUT2D eigenvalue weighted by Crippen LogP contribution is -2.24. The van der Waals surface area contributed by atoms with Crippen LogP contribution in [0.1, 0.15) is 30.7 Å². The summed E-state index contributed by atoms with van der Waals surface area (Å²) in [7, 11) is 0. The van der Waals surface area contributed by atoms with Crippen molar-refractivity contribution in [1.82, 2.24) is 4.98 Å². The minimum atomic E-state index is -0.692. The zero-order valence-electron chi connectivity index (χ0n) is 15.1. The first-order valence-electron chi connectivity index (χ1n) is 8.00. The van der Waals surface area contributed by atoms with Crippen molar-refractivity contribution < 1.29 is 14.3 Å². The largest absolute Gasteiger partial charge is 0.462 e. The van der Waals surface area contributed by atoms with E-state index in [9.17, 15) is 9.59 Å². The van der Waals surface area contributed by atoms with Crippen molar-refractivity contribution in [2.24, 2.45) is 0 Å². The van der Waals surface area contributed by atoms with E-state index in [0.29, 0.717) is 10.8 Å². The van der Waals surface area contributed by atoms with Crippen LogP contribution in [-0.4, -0.2) is 23.5 Å². The van der Waals surface area contributed by atoms with E-state index in [1.807, 2.05) is 38.1 Å². The summed E-state index contributed by atoms with van der Waals surface area (Å²) in [5.41, 5.74) is 2.99. The average molecular weight is 369 g/mol. The fourth-order valence-corrected chi connectivity index (χ4v) is 3.32. The molecule has 0 aliphatic carbocycles. The van der Waals surface area contributed by atoms with E-state index in [1.54, 1.807) is 17.2 Å². The number of nitriles is 1. The molecule has 7 heteroatoms. The predicted molar refractivity (Wildman–Crippen MR) is 101 cm³/mol. The molecule has 134 valence electrons. The molecule has 2 aromatic rings.